The molecule has 0 spiro atoms. The molecule has 2 aromatic rings. The van der Waals surface area contributed by atoms with E-state index in [1.54, 1.807) is 0 Å². The minimum Gasteiger partial charge on any atom is -0.484 e. The van der Waals surface area contributed by atoms with E-state index in [4.69, 9.17) is 5.11 Å². The zero-order valence-electron chi connectivity index (χ0n) is 17.2. The molecule has 0 heterocycles. The highest BCUT2D eigenvalue weighted by molar-refractivity contribution is 6.05. The van der Waals surface area contributed by atoms with E-state index in [2.05, 4.69) is 20.1 Å². The van der Waals surface area contributed by atoms with Crippen molar-refractivity contribution in [1.82, 2.24) is 10.6 Å². The highest BCUT2D eigenvalue weighted by Crippen LogP contribution is 2.23. The Balaban J connectivity index is 2.17. The Kier molecular flexibility index (Phi) is 8.90. The molecule has 3 N–H and O–H groups in total. The smallest absolute Gasteiger partial charge is 0.484 e. The second-order valence-electron chi connectivity index (χ2n) is 6.54. The molecule has 184 valence electrons. The first kappa shape index (κ1) is 26.5. The topological polar surface area (TPSA) is 96.9 Å². The molecule has 0 aromatic heterocycles. The molecule has 34 heavy (non-hydrogen) atoms. The van der Waals surface area contributed by atoms with Crippen LogP contribution in [0.5, 0.6) is 11.5 Å². The van der Waals surface area contributed by atoms with Crippen LogP contribution in [0.4, 0.5) is 26.3 Å². The molecule has 0 saturated carbocycles. The second-order valence-corrected chi connectivity index (χ2v) is 6.54. The van der Waals surface area contributed by atoms with E-state index in [1.807, 2.05) is 0 Å². The molecule has 0 fully saturated rings. The molecule has 0 aliphatic heterocycles. The first-order valence-corrected chi connectivity index (χ1v) is 9.44. The number of nitrogens with one attached hydrogen (secondary N) is 2. The number of amides is 2. The van der Waals surface area contributed by atoms with Crippen LogP contribution in [0.2, 0.25) is 0 Å². The summed E-state index contributed by atoms with van der Waals surface area (Å²) in [5.41, 5.74) is -0.0886. The average molecular weight is 492 g/mol. The largest absolute Gasteiger partial charge is 0.573 e. The highest BCUT2D eigenvalue weighted by atomic mass is 19.4. The number of rotatable bonds is 9. The van der Waals surface area contributed by atoms with E-state index >= 15 is 0 Å². The Hall–Kier alpha value is -3.74. The number of ether oxygens (including phenoxy) is 2. The summed E-state index contributed by atoms with van der Waals surface area (Å²) in [5.74, 6) is -2.23. The quantitative estimate of drug-likeness (QED) is 0.368. The van der Waals surface area contributed by atoms with Gasteiger partial charge in [-0.1, -0.05) is 12.1 Å². The van der Waals surface area contributed by atoms with Crippen molar-refractivity contribution in [2.45, 2.75) is 12.5 Å². The lowest BCUT2D eigenvalue weighted by Crippen LogP contribution is -2.36. The predicted octanol–water partition coefficient (Wildman–Crippen LogP) is 3.41. The van der Waals surface area contributed by atoms with Gasteiger partial charge in [0.25, 0.3) is 11.8 Å². The van der Waals surface area contributed by atoms with Gasteiger partial charge in [-0.15, -0.1) is 13.2 Å². The van der Waals surface area contributed by atoms with Gasteiger partial charge in [-0.25, -0.2) is 0 Å². The zero-order chi connectivity index (χ0) is 25.4. The molecule has 7 nitrogen and oxygen atoms in total. The number of alkyl halides is 6. The molecular formula is C21H18F6N2O5. The van der Waals surface area contributed by atoms with Crippen molar-refractivity contribution in [3.63, 3.8) is 0 Å². The van der Waals surface area contributed by atoms with Crippen LogP contribution in [-0.4, -0.2) is 49.2 Å². The van der Waals surface area contributed by atoms with Gasteiger partial charge in [0.2, 0.25) is 0 Å². The fourth-order valence-corrected chi connectivity index (χ4v) is 2.42. The van der Waals surface area contributed by atoms with Crippen LogP contribution in [0.15, 0.2) is 54.2 Å². The van der Waals surface area contributed by atoms with E-state index in [0.29, 0.717) is 0 Å². The SMILES string of the molecule is O=C(NCCO)C(=Cc1ccc(OC(F)(F)F)cc1)NC(=O)c1ccc(OCC(F)(F)F)cc1. The molecule has 0 atom stereocenters. The molecule has 0 saturated heterocycles. The van der Waals surface area contributed by atoms with E-state index in [0.717, 1.165) is 24.3 Å². The molecule has 2 rings (SSSR count). The molecule has 0 radical (unpaired) electrons. The van der Waals surface area contributed by atoms with Crippen LogP contribution < -0.4 is 20.1 Å². The summed E-state index contributed by atoms with van der Waals surface area (Å²) in [4.78, 5) is 24.9. The minimum atomic E-state index is -4.88. The fraction of sp³-hybridized carbons (Fsp3) is 0.238. The average Bonchev–Trinajstić information content (AvgIpc) is 2.75. The maximum absolute atomic E-state index is 12.5. The van der Waals surface area contributed by atoms with Gasteiger partial charge in [-0.05, 0) is 48.0 Å². The minimum absolute atomic E-state index is 0.0193. The summed E-state index contributed by atoms with van der Waals surface area (Å²) in [6.07, 6.45) is -8.24. The van der Waals surface area contributed by atoms with Crippen molar-refractivity contribution < 1.29 is 50.5 Å². The van der Waals surface area contributed by atoms with Crippen molar-refractivity contribution in [2.75, 3.05) is 19.8 Å². The third-order valence-corrected chi connectivity index (χ3v) is 3.83. The maximum atomic E-state index is 12.5. The normalized spacial score (nSPS) is 12.1. The van der Waals surface area contributed by atoms with Gasteiger partial charge in [0, 0.05) is 12.1 Å². The molecule has 13 heteroatoms. The lowest BCUT2D eigenvalue weighted by Gasteiger charge is -2.12. The lowest BCUT2D eigenvalue weighted by atomic mass is 10.1. The maximum Gasteiger partial charge on any atom is 0.573 e. The summed E-state index contributed by atoms with van der Waals surface area (Å²) in [6.45, 7) is -2.05. The number of benzene rings is 2. The Morgan fingerprint density at radius 3 is 2.03 bits per heavy atom. The monoisotopic (exact) mass is 492 g/mol. The van der Waals surface area contributed by atoms with Gasteiger partial charge in [-0.3, -0.25) is 9.59 Å². The number of aliphatic hydroxyl groups is 1. The van der Waals surface area contributed by atoms with Crippen molar-refractivity contribution in [3.8, 4) is 11.5 Å². The lowest BCUT2D eigenvalue weighted by molar-refractivity contribution is -0.274. The molecule has 0 aliphatic carbocycles. The van der Waals surface area contributed by atoms with Gasteiger partial charge >= 0.3 is 12.5 Å². The molecule has 0 bridgehead atoms. The zero-order valence-corrected chi connectivity index (χ0v) is 17.2. The van der Waals surface area contributed by atoms with Crippen molar-refractivity contribution in [3.05, 3.63) is 65.4 Å². The highest BCUT2D eigenvalue weighted by Gasteiger charge is 2.31. The number of hydrogen-bond acceptors (Lipinski definition) is 5. The molecule has 0 unspecified atom stereocenters. The fourth-order valence-electron chi connectivity index (χ4n) is 2.42. The van der Waals surface area contributed by atoms with Gasteiger partial charge in [0.15, 0.2) is 6.61 Å². The summed E-state index contributed by atoms with van der Waals surface area (Å²) in [5, 5.41) is 13.5. The van der Waals surface area contributed by atoms with E-state index in [9.17, 15) is 35.9 Å². The van der Waals surface area contributed by atoms with E-state index < -0.39 is 43.3 Å². The number of carbonyl (C=O) groups excluding carboxylic acids is 2. The van der Waals surface area contributed by atoms with E-state index in [-0.39, 0.29) is 29.1 Å². The van der Waals surface area contributed by atoms with Gasteiger partial charge < -0.3 is 25.2 Å². The first-order chi connectivity index (χ1) is 15.9. The number of carbonyl (C=O) groups is 2. The number of hydrogen-bond donors (Lipinski definition) is 3. The van der Waals surface area contributed by atoms with Gasteiger partial charge in [0.1, 0.15) is 17.2 Å². The number of aliphatic hydroxyl groups excluding tert-OH is 1. The van der Waals surface area contributed by atoms with Crippen molar-refractivity contribution in [1.29, 1.82) is 0 Å². The van der Waals surface area contributed by atoms with Crippen molar-refractivity contribution in [2.24, 2.45) is 0 Å². The Labute approximate surface area is 189 Å². The Morgan fingerprint density at radius 1 is 0.912 bits per heavy atom. The standard InChI is InChI=1S/C21H18F6N2O5/c22-20(23,24)12-33-15-7-3-14(4-8-15)18(31)29-17(19(32)28-9-10-30)11-13-1-5-16(6-2-13)34-21(25,26)27/h1-8,11,30H,9-10,12H2,(H,28,32)(H,29,31). The Bertz CT molecular complexity index is 1000. The third kappa shape index (κ3) is 9.40. The summed E-state index contributed by atoms with van der Waals surface area (Å²) >= 11 is 0. The molecule has 2 amide bonds. The van der Waals surface area contributed by atoms with Crippen molar-refractivity contribution >= 4 is 17.9 Å². The molecular weight excluding hydrogens is 474 g/mol. The van der Waals surface area contributed by atoms with Crippen LogP contribution >= 0.6 is 0 Å². The Morgan fingerprint density at radius 2 is 1.50 bits per heavy atom. The summed E-state index contributed by atoms with van der Waals surface area (Å²) < 4.78 is 81.8. The molecule has 0 aliphatic rings. The molecule has 2 aromatic carbocycles. The van der Waals surface area contributed by atoms with Gasteiger partial charge in [0.05, 0.1) is 6.61 Å². The summed E-state index contributed by atoms with van der Waals surface area (Å²) in [7, 11) is 0. The van der Waals surface area contributed by atoms with Crippen LogP contribution in [0, 0.1) is 0 Å². The van der Waals surface area contributed by atoms with Gasteiger partial charge in [-0.2, -0.15) is 13.2 Å². The third-order valence-electron chi connectivity index (χ3n) is 3.83. The second kappa shape index (κ2) is 11.4. The predicted molar refractivity (Wildman–Crippen MR) is 107 cm³/mol. The number of halogens is 6. The first-order valence-electron chi connectivity index (χ1n) is 9.44. The van der Waals surface area contributed by atoms with E-state index in [1.165, 1.54) is 30.3 Å². The van der Waals surface area contributed by atoms with Crippen LogP contribution in [0.3, 0.4) is 0 Å². The van der Waals surface area contributed by atoms with Crippen LogP contribution in [0.25, 0.3) is 6.08 Å². The van der Waals surface area contributed by atoms with Crippen LogP contribution in [-0.2, 0) is 4.79 Å². The summed E-state index contributed by atoms with van der Waals surface area (Å²) in [6, 6.07) is 9.04. The van der Waals surface area contributed by atoms with Crippen LogP contribution in [0.1, 0.15) is 15.9 Å².